The summed E-state index contributed by atoms with van der Waals surface area (Å²) in [5, 5.41) is 0. The first kappa shape index (κ1) is 16.2. The Labute approximate surface area is 104 Å². The highest BCUT2D eigenvalue weighted by Crippen LogP contribution is 2.14. The van der Waals surface area contributed by atoms with Gasteiger partial charge >= 0.3 is 0 Å². The zero-order valence-corrected chi connectivity index (χ0v) is 11.9. The van der Waals surface area contributed by atoms with Crippen LogP contribution in [0.5, 0.6) is 0 Å². The van der Waals surface area contributed by atoms with Gasteiger partial charge in [0.1, 0.15) is 0 Å². The maximum atomic E-state index is 12.0. The minimum atomic E-state index is -3.25. The Morgan fingerprint density at radius 3 is 2.25 bits per heavy atom. The van der Waals surface area contributed by atoms with E-state index < -0.39 is 10.0 Å². The second-order valence-corrected chi connectivity index (χ2v) is 6.00. The molecule has 0 radical (unpaired) electrons. The van der Waals surface area contributed by atoms with Crippen LogP contribution in [0.3, 0.4) is 0 Å². The van der Waals surface area contributed by atoms with Gasteiger partial charge in [-0.1, -0.05) is 13.8 Å². The Hall–Kier alpha value is 0.160. The van der Waals surface area contributed by atoms with Crippen molar-refractivity contribution in [3.05, 3.63) is 0 Å². The molecule has 0 aromatic heterocycles. The van der Waals surface area contributed by atoms with Gasteiger partial charge in [0.15, 0.2) is 0 Å². The molecule has 0 N–H and O–H groups in total. The van der Waals surface area contributed by atoms with Crippen molar-refractivity contribution in [3.8, 4) is 0 Å². The van der Waals surface area contributed by atoms with E-state index in [1.807, 2.05) is 13.8 Å². The average Bonchev–Trinajstić information content (AvgIpc) is 2.27. The Bertz CT molecular complexity index is 265. The molecule has 0 saturated carbocycles. The highest BCUT2D eigenvalue weighted by molar-refractivity contribution is 7.89. The SMILES string of the molecule is CCC(CC)N(CCCl)S(=O)(=O)CCOC. The lowest BCUT2D eigenvalue weighted by molar-refractivity contribution is 0.214. The highest BCUT2D eigenvalue weighted by atomic mass is 35.5. The minimum Gasteiger partial charge on any atom is -0.384 e. The molecule has 0 aromatic carbocycles. The van der Waals surface area contributed by atoms with Crippen LogP contribution in [-0.2, 0) is 14.8 Å². The maximum Gasteiger partial charge on any atom is 0.216 e. The fourth-order valence-corrected chi connectivity index (χ4v) is 3.65. The van der Waals surface area contributed by atoms with Crippen molar-refractivity contribution in [2.45, 2.75) is 32.7 Å². The number of methoxy groups -OCH3 is 1. The van der Waals surface area contributed by atoms with Crippen LogP contribution in [0.25, 0.3) is 0 Å². The molecule has 98 valence electrons. The molecule has 0 saturated heterocycles. The largest absolute Gasteiger partial charge is 0.384 e. The fraction of sp³-hybridized carbons (Fsp3) is 1.00. The molecule has 0 heterocycles. The van der Waals surface area contributed by atoms with E-state index in [2.05, 4.69) is 0 Å². The summed E-state index contributed by atoms with van der Waals surface area (Å²) in [4.78, 5) is 0. The molecular formula is C10H22ClNO3S. The summed E-state index contributed by atoms with van der Waals surface area (Å²) >= 11 is 5.66. The van der Waals surface area contributed by atoms with Crippen LogP contribution in [-0.4, -0.2) is 50.7 Å². The van der Waals surface area contributed by atoms with E-state index in [4.69, 9.17) is 16.3 Å². The Balaban J connectivity index is 4.73. The van der Waals surface area contributed by atoms with Crippen LogP contribution in [0.2, 0.25) is 0 Å². The van der Waals surface area contributed by atoms with Crippen molar-refractivity contribution in [1.82, 2.24) is 4.31 Å². The van der Waals surface area contributed by atoms with Gasteiger partial charge in [0, 0.05) is 25.6 Å². The molecular weight excluding hydrogens is 250 g/mol. The summed E-state index contributed by atoms with van der Waals surface area (Å²) in [5.41, 5.74) is 0. The van der Waals surface area contributed by atoms with Crippen molar-refractivity contribution in [3.63, 3.8) is 0 Å². The minimum absolute atomic E-state index is 0.0247. The number of hydrogen-bond acceptors (Lipinski definition) is 3. The molecule has 0 aliphatic rings. The van der Waals surface area contributed by atoms with Crippen LogP contribution in [0.15, 0.2) is 0 Å². The lowest BCUT2D eigenvalue weighted by Crippen LogP contribution is -2.42. The lowest BCUT2D eigenvalue weighted by atomic mass is 10.2. The van der Waals surface area contributed by atoms with Gasteiger partial charge in [-0.2, -0.15) is 4.31 Å². The molecule has 0 aliphatic heterocycles. The normalized spacial score (nSPS) is 12.6. The topological polar surface area (TPSA) is 46.6 Å². The predicted molar refractivity (Wildman–Crippen MR) is 67.5 cm³/mol. The highest BCUT2D eigenvalue weighted by Gasteiger charge is 2.26. The van der Waals surface area contributed by atoms with Crippen LogP contribution >= 0.6 is 11.6 Å². The van der Waals surface area contributed by atoms with E-state index in [1.54, 1.807) is 0 Å². The summed E-state index contributed by atoms with van der Waals surface area (Å²) in [5.74, 6) is 0.347. The Morgan fingerprint density at radius 1 is 1.31 bits per heavy atom. The summed E-state index contributed by atoms with van der Waals surface area (Å²) < 4.78 is 30.4. The number of ether oxygens (including phenoxy) is 1. The monoisotopic (exact) mass is 271 g/mol. The first-order chi connectivity index (χ1) is 7.53. The summed E-state index contributed by atoms with van der Waals surface area (Å²) in [7, 11) is -1.75. The number of halogens is 1. The van der Waals surface area contributed by atoms with E-state index in [0.717, 1.165) is 12.8 Å². The van der Waals surface area contributed by atoms with Gasteiger partial charge in [-0.3, -0.25) is 0 Å². The zero-order valence-electron chi connectivity index (χ0n) is 10.3. The van der Waals surface area contributed by atoms with Crippen LogP contribution in [0, 0.1) is 0 Å². The standard InChI is InChI=1S/C10H22ClNO3S/c1-4-10(5-2)12(7-6-11)16(13,14)9-8-15-3/h10H,4-9H2,1-3H3. The van der Waals surface area contributed by atoms with Gasteiger partial charge in [-0.25, -0.2) is 8.42 Å². The molecule has 0 fully saturated rings. The van der Waals surface area contributed by atoms with E-state index in [-0.39, 0.29) is 18.4 Å². The Morgan fingerprint density at radius 2 is 1.88 bits per heavy atom. The van der Waals surface area contributed by atoms with E-state index in [0.29, 0.717) is 12.4 Å². The van der Waals surface area contributed by atoms with Crippen LogP contribution in [0.1, 0.15) is 26.7 Å². The van der Waals surface area contributed by atoms with Gasteiger partial charge in [0.25, 0.3) is 0 Å². The van der Waals surface area contributed by atoms with Gasteiger partial charge in [-0.05, 0) is 12.8 Å². The summed E-state index contributed by atoms with van der Waals surface area (Å²) in [6, 6.07) is 0.0422. The quantitative estimate of drug-likeness (QED) is 0.600. The third-order valence-electron chi connectivity index (χ3n) is 2.56. The molecule has 6 heteroatoms. The number of nitrogens with zero attached hydrogens (tertiary/aromatic N) is 1. The van der Waals surface area contributed by atoms with Crippen LogP contribution in [0.4, 0.5) is 0 Å². The predicted octanol–water partition coefficient (Wildman–Crippen LogP) is 1.69. The van der Waals surface area contributed by atoms with E-state index >= 15 is 0 Å². The smallest absolute Gasteiger partial charge is 0.216 e. The number of rotatable bonds is 9. The van der Waals surface area contributed by atoms with Crippen molar-refractivity contribution in [2.75, 3.05) is 31.9 Å². The van der Waals surface area contributed by atoms with Gasteiger partial charge in [0.2, 0.25) is 10.0 Å². The maximum absolute atomic E-state index is 12.0. The van der Waals surface area contributed by atoms with Crippen molar-refractivity contribution < 1.29 is 13.2 Å². The number of hydrogen-bond donors (Lipinski definition) is 0. The Kier molecular flexibility index (Phi) is 8.36. The summed E-state index contributed by atoms with van der Waals surface area (Å²) in [6.07, 6.45) is 1.61. The van der Waals surface area contributed by atoms with Crippen molar-refractivity contribution in [1.29, 1.82) is 0 Å². The summed E-state index contributed by atoms with van der Waals surface area (Å²) in [6.45, 7) is 4.57. The molecule has 0 unspecified atom stereocenters. The van der Waals surface area contributed by atoms with Gasteiger partial charge in [-0.15, -0.1) is 11.6 Å². The first-order valence-corrected chi connectivity index (χ1v) is 7.72. The van der Waals surface area contributed by atoms with Crippen molar-refractivity contribution in [2.24, 2.45) is 0 Å². The van der Waals surface area contributed by atoms with Crippen molar-refractivity contribution >= 4 is 21.6 Å². The third-order valence-corrected chi connectivity index (χ3v) is 4.60. The molecule has 0 amide bonds. The second kappa shape index (κ2) is 8.28. The molecule has 16 heavy (non-hydrogen) atoms. The molecule has 0 atom stereocenters. The van der Waals surface area contributed by atoms with E-state index in [9.17, 15) is 8.42 Å². The molecule has 4 nitrogen and oxygen atoms in total. The molecule has 0 rings (SSSR count). The molecule has 0 bridgehead atoms. The van der Waals surface area contributed by atoms with E-state index in [1.165, 1.54) is 11.4 Å². The molecule has 0 aliphatic carbocycles. The first-order valence-electron chi connectivity index (χ1n) is 5.57. The fourth-order valence-electron chi connectivity index (χ4n) is 1.63. The molecule has 0 spiro atoms. The molecule has 0 aromatic rings. The lowest BCUT2D eigenvalue weighted by Gasteiger charge is -2.28. The zero-order chi connectivity index (χ0) is 12.6. The number of sulfonamides is 1. The third kappa shape index (κ3) is 4.99. The van der Waals surface area contributed by atoms with Crippen LogP contribution < -0.4 is 0 Å². The second-order valence-electron chi connectivity index (χ2n) is 3.58. The van der Waals surface area contributed by atoms with Gasteiger partial charge < -0.3 is 4.74 Å². The number of alkyl halides is 1. The van der Waals surface area contributed by atoms with Gasteiger partial charge in [0.05, 0.1) is 12.4 Å². The average molecular weight is 272 g/mol.